The normalized spacial score (nSPS) is 37.7. The van der Waals surface area contributed by atoms with Crippen molar-refractivity contribution in [1.82, 2.24) is 0 Å². The van der Waals surface area contributed by atoms with Gasteiger partial charge >= 0.3 is 0 Å². The van der Waals surface area contributed by atoms with Gasteiger partial charge < -0.3 is 15.3 Å². The highest BCUT2D eigenvalue weighted by Gasteiger charge is 2.51. The van der Waals surface area contributed by atoms with Crippen molar-refractivity contribution >= 4 is 0 Å². The maximum absolute atomic E-state index is 14.3. The molecule has 6 atom stereocenters. The molecular weight excluding hydrogens is 410 g/mol. The van der Waals surface area contributed by atoms with Gasteiger partial charge in [0.25, 0.3) is 5.92 Å². The van der Waals surface area contributed by atoms with E-state index in [-0.39, 0.29) is 17.8 Å². The molecule has 0 radical (unpaired) electrons. The lowest BCUT2D eigenvalue weighted by Gasteiger charge is -2.44. The van der Waals surface area contributed by atoms with Gasteiger partial charge in [0.15, 0.2) is 0 Å². The first-order valence-corrected chi connectivity index (χ1v) is 12.3. The van der Waals surface area contributed by atoms with Crippen molar-refractivity contribution in [2.24, 2.45) is 23.2 Å². The summed E-state index contributed by atoms with van der Waals surface area (Å²) in [6.45, 7) is 10.6. The van der Waals surface area contributed by atoms with Crippen molar-refractivity contribution in [2.75, 3.05) is 0 Å². The molecule has 0 spiro atoms. The van der Waals surface area contributed by atoms with Crippen molar-refractivity contribution in [2.45, 2.75) is 109 Å². The van der Waals surface area contributed by atoms with Crippen LogP contribution in [0.1, 0.15) is 85.5 Å². The summed E-state index contributed by atoms with van der Waals surface area (Å²) in [5, 5.41) is 30.0. The number of hydrogen-bond donors (Lipinski definition) is 3. The Morgan fingerprint density at radius 1 is 1.16 bits per heavy atom. The highest BCUT2D eigenvalue weighted by Crippen LogP contribution is 2.60. The van der Waals surface area contributed by atoms with Crippen molar-refractivity contribution in [3.63, 3.8) is 0 Å². The SMILES string of the molecule is C=C1C(O)CC(=C/C=C2\CCC[C@@]3(C)C2CC[C@@H]3[C@@H](C)CCC(F)(F)C(C)(C)O)C[C@H]1O. The van der Waals surface area contributed by atoms with Crippen LogP contribution in [0, 0.1) is 23.2 Å². The Labute approximate surface area is 192 Å². The molecule has 0 aliphatic heterocycles. The Hall–Kier alpha value is -1.04. The molecule has 3 N–H and O–H groups in total. The fraction of sp³-hybridized carbons (Fsp3) is 0.778. The lowest BCUT2D eigenvalue weighted by molar-refractivity contribution is -0.168. The fourth-order valence-electron chi connectivity index (χ4n) is 6.56. The molecule has 182 valence electrons. The summed E-state index contributed by atoms with van der Waals surface area (Å²) in [4.78, 5) is 0. The summed E-state index contributed by atoms with van der Waals surface area (Å²) in [5.41, 5.74) is 1.11. The summed E-state index contributed by atoms with van der Waals surface area (Å²) in [7, 11) is 0. The van der Waals surface area contributed by atoms with Crippen LogP contribution in [0.25, 0.3) is 0 Å². The van der Waals surface area contributed by atoms with Gasteiger partial charge in [0.05, 0.1) is 12.2 Å². The summed E-state index contributed by atoms with van der Waals surface area (Å²) in [6.07, 6.45) is 9.55. The van der Waals surface area contributed by atoms with Crippen LogP contribution >= 0.6 is 0 Å². The molecular formula is C27H42F2O3. The quantitative estimate of drug-likeness (QED) is 0.437. The zero-order valence-corrected chi connectivity index (χ0v) is 20.2. The zero-order valence-electron chi connectivity index (χ0n) is 20.2. The smallest absolute Gasteiger partial charge is 0.275 e. The number of aliphatic hydroxyl groups excluding tert-OH is 2. The molecule has 3 rings (SSSR count). The number of alkyl halides is 2. The Morgan fingerprint density at radius 2 is 1.78 bits per heavy atom. The topological polar surface area (TPSA) is 60.7 Å². The van der Waals surface area contributed by atoms with Crippen LogP contribution in [-0.2, 0) is 0 Å². The average molecular weight is 453 g/mol. The minimum absolute atomic E-state index is 0.117. The molecule has 0 heterocycles. The van der Waals surface area contributed by atoms with Gasteiger partial charge in [0.1, 0.15) is 5.60 Å². The predicted molar refractivity (Wildman–Crippen MR) is 124 cm³/mol. The third-order valence-electron chi connectivity index (χ3n) is 8.83. The number of rotatable bonds is 6. The van der Waals surface area contributed by atoms with Gasteiger partial charge in [-0.15, -0.1) is 0 Å². The van der Waals surface area contributed by atoms with Crippen LogP contribution in [0.3, 0.4) is 0 Å². The maximum Gasteiger partial charge on any atom is 0.275 e. The van der Waals surface area contributed by atoms with E-state index in [9.17, 15) is 24.1 Å². The molecule has 5 heteroatoms. The van der Waals surface area contributed by atoms with Crippen molar-refractivity contribution in [3.8, 4) is 0 Å². The predicted octanol–water partition coefficient (Wildman–Crippen LogP) is 5.95. The van der Waals surface area contributed by atoms with Crippen LogP contribution in [0.5, 0.6) is 0 Å². The van der Waals surface area contributed by atoms with Crippen molar-refractivity contribution < 1.29 is 24.1 Å². The molecule has 0 amide bonds. The Balaban J connectivity index is 1.70. The maximum atomic E-state index is 14.3. The molecule has 2 unspecified atom stereocenters. The average Bonchev–Trinajstić information content (AvgIpc) is 3.05. The van der Waals surface area contributed by atoms with E-state index in [1.807, 2.05) is 0 Å². The van der Waals surface area contributed by atoms with E-state index >= 15 is 0 Å². The minimum atomic E-state index is -3.08. The molecule has 32 heavy (non-hydrogen) atoms. The van der Waals surface area contributed by atoms with E-state index in [2.05, 4.69) is 32.6 Å². The van der Waals surface area contributed by atoms with E-state index in [0.29, 0.717) is 36.7 Å². The highest BCUT2D eigenvalue weighted by atomic mass is 19.3. The van der Waals surface area contributed by atoms with E-state index < -0.39 is 23.7 Å². The molecule has 3 nitrogen and oxygen atoms in total. The largest absolute Gasteiger partial charge is 0.388 e. The lowest BCUT2D eigenvalue weighted by atomic mass is 9.60. The zero-order chi connectivity index (χ0) is 23.9. The summed E-state index contributed by atoms with van der Waals surface area (Å²) in [5.74, 6) is -2.03. The molecule has 0 aromatic carbocycles. The van der Waals surface area contributed by atoms with E-state index in [1.165, 1.54) is 19.4 Å². The number of hydrogen-bond acceptors (Lipinski definition) is 3. The first-order valence-electron chi connectivity index (χ1n) is 12.3. The Morgan fingerprint density at radius 3 is 2.38 bits per heavy atom. The summed E-state index contributed by atoms with van der Waals surface area (Å²) in [6, 6.07) is 0. The summed E-state index contributed by atoms with van der Waals surface area (Å²) < 4.78 is 28.6. The monoisotopic (exact) mass is 452 g/mol. The third-order valence-corrected chi connectivity index (χ3v) is 8.83. The van der Waals surface area contributed by atoms with Crippen LogP contribution in [-0.4, -0.2) is 39.1 Å². The molecule has 3 fully saturated rings. The Bertz CT molecular complexity index is 747. The molecule has 3 aliphatic carbocycles. The first kappa shape index (κ1) is 25.6. The number of fused-ring (bicyclic) bond motifs is 1. The third kappa shape index (κ3) is 5.05. The van der Waals surface area contributed by atoms with Gasteiger partial charge in [-0.3, -0.25) is 0 Å². The second kappa shape index (κ2) is 9.31. The van der Waals surface area contributed by atoms with E-state index in [4.69, 9.17) is 0 Å². The van der Waals surface area contributed by atoms with E-state index in [1.54, 1.807) is 0 Å². The number of halogens is 2. The second-order valence-electron chi connectivity index (χ2n) is 11.5. The van der Waals surface area contributed by atoms with Gasteiger partial charge in [-0.25, -0.2) is 8.78 Å². The molecule has 3 aliphatic rings. The fourth-order valence-corrected chi connectivity index (χ4v) is 6.56. The number of allylic oxidation sites excluding steroid dienone is 3. The Kier molecular flexibility index (Phi) is 7.44. The van der Waals surface area contributed by atoms with Gasteiger partial charge in [-0.1, -0.05) is 43.7 Å². The van der Waals surface area contributed by atoms with Gasteiger partial charge in [0, 0.05) is 6.42 Å². The van der Waals surface area contributed by atoms with Crippen molar-refractivity contribution in [1.29, 1.82) is 0 Å². The molecule has 0 bridgehead atoms. The van der Waals surface area contributed by atoms with Gasteiger partial charge in [-0.05, 0) is 94.0 Å². The summed E-state index contributed by atoms with van der Waals surface area (Å²) >= 11 is 0. The van der Waals surface area contributed by atoms with E-state index in [0.717, 1.165) is 37.7 Å². The first-order chi connectivity index (χ1) is 14.8. The van der Waals surface area contributed by atoms with Crippen LogP contribution < -0.4 is 0 Å². The van der Waals surface area contributed by atoms with Gasteiger partial charge in [-0.2, -0.15) is 0 Å². The molecule has 0 aromatic heterocycles. The van der Waals surface area contributed by atoms with Crippen LogP contribution in [0.4, 0.5) is 8.78 Å². The molecule has 3 saturated carbocycles. The van der Waals surface area contributed by atoms with Crippen LogP contribution in [0.15, 0.2) is 35.5 Å². The number of aliphatic hydroxyl groups is 3. The molecule has 0 saturated heterocycles. The van der Waals surface area contributed by atoms with Crippen molar-refractivity contribution in [3.05, 3.63) is 35.5 Å². The van der Waals surface area contributed by atoms with Gasteiger partial charge in [0.2, 0.25) is 0 Å². The lowest BCUT2D eigenvalue weighted by Crippen LogP contribution is -2.43. The standard InChI is InChI=1S/C27H42F2O3/c1-17(12-14-27(28,29)25(3,4)32)21-10-11-22-20(7-6-13-26(21,22)5)9-8-19-15-23(30)18(2)24(31)16-19/h8-9,17,21-24,30-32H,2,6-7,10-16H2,1,3-5H3/b19-8?,20-9+/t17-,21+,22?,23+,24?,26+/m0/s1. The highest BCUT2D eigenvalue weighted by molar-refractivity contribution is 5.29. The second-order valence-corrected chi connectivity index (χ2v) is 11.5. The van der Waals surface area contributed by atoms with Crippen LogP contribution in [0.2, 0.25) is 0 Å². The molecule has 0 aromatic rings. The minimum Gasteiger partial charge on any atom is -0.388 e.